The van der Waals surface area contributed by atoms with E-state index in [0.717, 1.165) is 28.2 Å². The van der Waals surface area contributed by atoms with Gasteiger partial charge in [0.05, 0.1) is 11.1 Å². The predicted octanol–water partition coefficient (Wildman–Crippen LogP) is 4.20. The molecule has 0 saturated carbocycles. The van der Waals surface area contributed by atoms with E-state index in [1.165, 1.54) is 0 Å². The minimum atomic E-state index is -0.735. The predicted molar refractivity (Wildman–Crippen MR) is 113 cm³/mol. The molecule has 0 bridgehead atoms. The summed E-state index contributed by atoms with van der Waals surface area (Å²) in [6, 6.07) is 11.9. The van der Waals surface area contributed by atoms with E-state index in [9.17, 15) is 9.90 Å². The van der Waals surface area contributed by atoms with E-state index in [1.54, 1.807) is 0 Å². The van der Waals surface area contributed by atoms with Crippen molar-refractivity contribution in [3.8, 4) is 5.75 Å². The zero-order chi connectivity index (χ0) is 20.9. The molecule has 0 aliphatic rings. The number of carbonyl (C=O) groups is 1. The average Bonchev–Trinajstić information content (AvgIpc) is 3.15. The summed E-state index contributed by atoms with van der Waals surface area (Å²) in [4.78, 5) is 16.2. The number of ether oxygens (including phenoxy) is 1. The molecule has 2 aromatic heterocycles. The van der Waals surface area contributed by atoms with E-state index >= 15 is 0 Å². The number of carboxylic acids is 1. The molecule has 0 amide bonds. The van der Waals surface area contributed by atoms with Gasteiger partial charge in [-0.2, -0.15) is 0 Å². The van der Waals surface area contributed by atoms with Crippen LogP contribution >= 0.6 is 0 Å². The molecular formula is C23H29N3O3. The number of nitrogens with zero attached hydrogens (tertiary/aromatic N) is 2. The number of pyridine rings is 1. The monoisotopic (exact) mass is 395 g/mol. The van der Waals surface area contributed by atoms with Crippen molar-refractivity contribution in [1.82, 2.24) is 14.7 Å². The third-order valence-electron chi connectivity index (χ3n) is 5.64. The highest BCUT2D eigenvalue weighted by atomic mass is 16.5. The minimum absolute atomic E-state index is 0.410. The highest BCUT2D eigenvalue weighted by Gasteiger charge is 2.34. The molecule has 2 heterocycles. The fourth-order valence-corrected chi connectivity index (χ4v) is 3.46. The number of nitrogens with one attached hydrogen (secondary N) is 1. The van der Waals surface area contributed by atoms with Crippen LogP contribution in [0.5, 0.6) is 5.75 Å². The minimum Gasteiger partial charge on any atom is -0.487 e. The molecule has 0 fully saturated rings. The van der Waals surface area contributed by atoms with Gasteiger partial charge in [-0.1, -0.05) is 32.0 Å². The Morgan fingerprint density at radius 1 is 1.21 bits per heavy atom. The number of benzene rings is 1. The summed E-state index contributed by atoms with van der Waals surface area (Å²) in [6.07, 6.45) is 5.19. The second-order valence-corrected chi connectivity index (χ2v) is 7.48. The second kappa shape index (κ2) is 9.09. The first-order valence-electron chi connectivity index (χ1n) is 10.1. The summed E-state index contributed by atoms with van der Waals surface area (Å²) < 4.78 is 7.87. The molecule has 6 heteroatoms. The Morgan fingerprint density at radius 2 is 1.93 bits per heavy atom. The lowest BCUT2D eigenvalue weighted by molar-refractivity contribution is -0.149. The number of fused-ring (bicyclic) bond motifs is 1. The molecule has 0 radical (unpaired) electrons. The van der Waals surface area contributed by atoms with Crippen LogP contribution in [0.15, 0.2) is 48.8 Å². The Balaban J connectivity index is 1.53. The van der Waals surface area contributed by atoms with Gasteiger partial charge in [-0.05, 0) is 49.1 Å². The number of carboxylic acid groups (broad SMARTS) is 1. The van der Waals surface area contributed by atoms with Crippen LogP contribution in [0.3, 0.4) is 0 Å². The maximum atomic E-state index is 11.6. The van der Waals surface area contributed by atoms with Crippen LogP contribution < -0.4 is 10.1 Å². The molecule has 0 atom stereocenters. The van der Waals surface area contributed by atoms with Gasteiger partial charge in [-0.3, -0.25) is 4.79 Å². The second-order valence-electron chi connectivity index (χ2n) is 7.48. The average molecular weight is 396 g/mol. The molecule has 0 unspecified atom stereocenters. The van der Waals surface area contributed by atoms with Crippen molar-refractivity contribution in [1.29, 1.82) is 0 Å². The normalized spacial score (nSPS) is 11.7. The molecule has 0 aliphatic heterocycles. The van der Waals surface area contributed by atoms with Crippen molar-refractivity contribution in [3.63, 3.8) is 0 Å². The third kappa shape index (κ3) is 4.77. The quantitative estimate of drug-likeness (QED) is 0.538. The summed E-state index contributed by atoms with van der Waals surface area (Å²) >= 11 is 0. The summed E-state index contributed by atoms with van der Waals surface area (Å²) in [6.45, 7) is 7.39. The number of aliphatic carboxylic acids is 1. The molecule has 0 saturated heterocycles. The van der Waals surface area contributed by atoms with Crippen molar-refractivity contribution in [3.05, 3.63) is 65.6 Å². The van der Waals surface area contributed by atoms with Gasteiger partial charge >= 0.3 is 5.97 Å². The van der Waals surface area contributed by atoms with Crippen LogP contribution in [0.2, 0.25) is 0 Å². The van der Waals surface area contributed by atoms with Gasteiger partial charge in [0.1, 0.15) is 18.0 Å². The van der Waals surface area contributed by atoms with Crippen LogP contribution in [0, 0.1) is 12.3 Å². The van der Waals surface area contributed by atoms with Crippen LogP contribution in [-0.2, 0) is 17.9 Å². The zero-order valence-corrected chi connectivity index (χ0v) is 17.3. The number of hydrogen-bond acceptors (Lipinski definition) is 4. The molecule has 3 aromatic rings. The van der Waals surface area contributed by atoms with Gasteiger partial charge in [0.2, 0.25) is 0 Å². The lowest BCUT2D eigenvalue weighted by Crippen LogP contribution is -2.39. The molecule has 0 aliphatic carbocycles. The molecule has 2 N–H and O–H groups in total. The Kier molecular flexibility index (Phi) is 6.54. The SMILES string of the molecule is CCC(CC)(CNCc1ccc(OCc2cn3cccc(C)c3n2)cc1)C(=O)O. The van der Waals surface area contributed by atoms with Gasteiger partial charge in [0.15, 0.2) is 0 Å². The van der Waals surface area contributed by atoms with Gasteiger partial charge in [0, 0.05) is 25.5 Å². The first-order valence-corrected chi connectivity index (χ1v) is 10.1. The number of aryl methyl sites for hydroxylation is 1. The number of rotatable bonds is 10. The third-order valence-corrected chi connectivity index (χ3v) is 5.64. The summed E-state index contributed by atoms with van der Waals surface area (Å²) in [5, 5.41) is 12.8. The van der Waals surface area contributed by atoms with E-state index in [2.05, 4.69) is 10.3 Å². The van der Waals surface area contributed by atoms with E-state index < -0.39 is 11.4 Å². The van der Waals surface area contributed by atoms with Crippen LogP contribution in [-0.4, -0.2) is 27.0 Å². The van der Waals surface area contributed by atoms with Gasteiger partial charge in [-0.25, -0.2) is 4.98 Å². The molecule has 1 aromatic carbocycles. The van der Waals surface area contributed by atoms with Gasteiger partial charge in [0.25, 0.3) is 0 Å². The summed E-state index contributed by atoms with van der Waals surface area (Å²) in [7, 11) is 0. The van der Waals surface area contributed by atoms with Gasteiger partial charge in [-0.15, -0.1) is 0 Å². The van der Waals surface area contributed by atoms with Crippen molar-refractivity contribution in [2.24, 2.45) is 5.41 Å². The molecular weight excluding hydrogens is 366 g/mol. The van der Waals surface area contributed by atoms with Crippen LogP contribution in [0.4, 0.5) is 0 Å². The van der Waals surface area contributed by atoms with Crippen molar-refractivity contribution < 1.29 is 14.6 Å². The first-order chi connectivity index (χ1) is 14.0. The summed E-state index contributed by atoms with van der Waals surface area (Å²) in [5.41, 5.74) is 3.36. The first kappa shape index (κ1) is 20.9. The van der Waals surface area contributed by atoms with E-state index in [4.69, 9.17) is 4.74 Å². The maximum Gasteiger partial charge on any atom is 0.310 e. The van der Waals surface area contributed by atoms with Crippen LogP contribution in [0.1, 0.15) is 43.5 Å². The van der Waals surface area contributed by atoms with E-state index in [1.807, 2.05) is 74.0 Å². The Labute approximate surface area is 171 Å². The topological polar surface area (TPSA) is 75.9 Å². The molecule has 3 rings (SSSR count). The molecule has 0 spiro atoms. The zero-order valence-electron chi connectivity index (χ0n) is 17.3. The smallest absolute Gasteiger partial charge is 0.310 e. The number of hydrogen-bond donors (Lipinski definition) is 2. The van der Waals surface area contributed by atoms with E-state index in [-0.39, 0.29) is 0 Å². The largest absolute Gasteiger partial charge is 0.487 e. The number of imidazole rings is 1. The highest BCUT2D eigenvalue weighted by molar-refractivity contribution is 5.74. The fraction of sp³-hybridized carbons (Fsp3) is 0.391. The maximum absolute atomic E-state index is 11.6. The summed E-state index contributed by atoms with van der Waals surface area (Å²) in [5.74, 6) is 0.0467. The Morgan fingerprint density at radius 3 is 2.55 bits per heavy atom. The standard InChI is InChI=1S/C23H29N3O3/c1-4-23(5-2,22(27)28)16-24-13-18-8-10-20(11-9-18)29-15-19-14-26-12-6-7-17(3)21(26)25-19/h6-12,14,24H,4-5,13,15-16H2,1-3H3,(H,27,28). The molecule has 154 valence electrons. The van der Waals surface area contributed by atoms with Gasteiger partial charge < -0.3 is 19.6 Å². The van der Waals surface area contributed by atoms with Crippen molar-refractivity contribution in [2.75, 3.05) is 6.54 Å². The highest BCUT2D eigenvalue weighted by Crippen LogP contribution is 2.26. The number of aromatic nitrogens is 2. The van der Waals surface area contributed by atoms with Crippen molar-refractivity contribution >= 4 is 11.6 Å². The molecule has 29 heavy (non-hydrogen) atoms. The Hall–Kier alpha value is -2.86. The Bertz CT molecular complexity index is 959. The van der Waals surface area contributed by atoms with Crippen molar-refractivity contribution in [2.45, 2.75) is 46.8 Å². The molecule has 6 nitrogen and oxygen atoms in total. The van der Waals surface area contributed by atoms with Crippen LogP contribution in [0.25, 0.3) is 5.65 Å². The van der Waals surface area contributed by atoms with E-state index in [0.29, 0.717) is 32.5 Å². The lowest BCUT2D eigenvalue weighted by Gasteiger charge is -2.27. The fourth-order valence-electron chi connectivity index (χ4n) is 3.46. The lowest BCUT2D eigenvalue weighted by atomic mass is 9.82.